The average molecular weight is 288 g/mol. The van der Waals surface area contributed by atoms with Gasteiger partial charge in [0.1, 0.15) is 0 Å². The van der Waals surface area contributed by atoms with Crippen molar-refractivity contribution in [3.63, 3.8) is 0 Å². The normalized spacial score (nSPS) is 21.0. The van der Waals surface area contributed by atoms with E-state index >= 15 is 0 Å². The van der Waals surface area contributed by atoms with Crippen molar-refractivity contribution in [3.05, 3.63) is 42.0 Å². The molecule has 0 saturated carbocycles. The Morgan fingerprint density at radius 3 is 2.81 bits per heavy atom. The average Bonchev–Trinajstić information content (AvgIpc) is 2.52. The molecule has 3 nitrogen and oxygen atoms in total. The van der Waals surface area contributed by atoms with Crippen LogP contribution < -0.4 is 5.73 Å². The number of benzene rings is 1. The maximum Gasteiger partial charge on any atom is 0.0824 e. The molecule has 1 fully saturated rings. The standard InChI is InChI=1S/C18H28N2O/c1-15(2)8-9-17(16-6-4-3-5-7-16)13-20-10-11-21-18(12-19)14-20/h3-7,9,15,18H,8,10-14,19H2,1-2H3/b17-9+. The minimum absolute atomic E-state index is 0.181. The van der Waals surface area contributed by atoms with E-state index in [0.717, 1.165) is 32.7 Å². The van der Waals surface area contributed by atoms with E-state index in [2.05, 4.69) is 55.2 Å². The molecular weight excluding hydrogens is 260 g/mol. The molecule has 1 unspecified atom stereocenters. The second-order valence-corrected chi connectivity index (χ2v) is 6.19. The first kappa shape index (κ1) is 16.2. The van der Waals surface area contributed by atoms with Crippen molar-refractivity contribution in [2.75, 3.05) is 32.8 Å². The molecule has 1 aliphatic heterocycles. The van der Waals surface area contributed by atoms with E-state index in [1.807, 2.05) is 0 Å². The lowest BCUT2D eigenvalue weighted by molar-refractivity contribution is -0.0183. The third kappa shape index (κ3) is 5.27. The number of allylic oxidation sites excluding steroid dienone is 1. The molecule has 0 aliphatic carbocycles. The fourth-order valence-corrected chi connectivity index (χ4v) is 2.61. The molecule has 3 heteroatoms. The van der Waals surface area contributed by atoms with E-state index in [4.69, 9.17) is 10.5 Å². The molecule has 0 bridgehead atoms. The smallest absolute Gasteiger partial charge is 0.0824 e. The van der Waals surface area contributed by atoms with Crippen LogP contribution in [0.25, 0.3) is 5.57 Å². The largest absolute Gasteiger partial charge is 0.374 e. The minimum Gasteiger partial charge on any atom is -0.374 e. The number of nitrogens with zero attached hydrogens (tertiary/aromatic N) is 1. The number of morpholine rings is 1. The molecular formula is C18H28N2O. The van der Waals surface area contributed by atoms with E-state index < -0.39 is 0 Å². The van der Waals surface area contributed by atoms with Crippen molar-refractivity contribution in [1.82, 2.24) is 4.90 Å². The summed E-state index contributed by atoms with van der Waals surface area (Å²) in [4.78, 5) is 2.46. The van der Waals surface area contributed by atoms with E-state index in [-0.39, 0.29) is 6.10 Å². The second-order valence-electron chi connectivity index (χ2n) is 6.19. The van der Waals surface area contributed by atoms with Crippen LogP contribution in [0, 0.1) is 5.92 Å². The van der Waals surface area contributed by atoms with Gasteiger partial charge in [0.15, 0.2) is 0 Å². The lowest BCUT2D eigenvalue weighted by Gasteiger charge is -2.33. The highest BCUT2D eigenvalue weighted by Gasteiger charge is 2.20. The zero-order valence-corrected chi connectivity index (χ0v) is 13.3. The molecule has 1 saturated heterocycles. The van der Waals surface area contributed by atoms with E-state index in [0.29, 0.717) is 12.5 Å². The Hall–Kier alpha value is -1.16. The summed E-state index contributed by atoms with van der Waals surface area (Å²) in [6.07, 6.45) is 3.70. The van der Waals surface area contributed by atoms with Crippen LogP contribution in [0.1, 0.15) is 25.8 Å². The Labute approximate surface area is 128 Å². The molecule has 0 amide bonds. The minimum atomic E-state index is 0.181. The summed E-state index contributed by atoms with van der Waals surface area (Å²) in [5.74, 6) is 0.685. The molecule has 0 spiro atoms. The molecule has 1 heterocycles. The summed E-state index contributed by atoms with van der Waals surface area (Å²) in [5.41, 5.74) is 8.49. The monoisotopic (exact) mass is 288 g/mol. The molecule has 2 rings (SSSR count). The van der Waals surface area contributed by atoms with Crippen molar-refractivity contribution >= 4 is 5.57 Å². The Balaban J connectivity index is 2.07. The van der Waals surface area contributed by atoms with Crippen LogP contribution in [0.5, 0.6) is 0 Å². The number of nitrogens with two attached hydrogens (primary N) is 1. The van der Waals surface area contributed by atoms with Crippen LogP contribution in [-0.2, 0) is 4.74 Å². The van der Waals surface area contributed by atoms with Crippen LogP contribution >= 0.6 is 0 Å². The van der Waals surface area contributed by atoms with Gasteiger partial charge >= 0.3 is 0 Å². The van der Waals surface area contributed by atoms with Gasteiger partial charge in [-0.3, -0.25) is 4.90 Å². The maximum atomic E-state index is 5.74. The van der Waals surface area contributed by atoms with Gasteiger partial charge in [0.25, 0.3) is 0 Å². The third-order valence-corrected chi connectivity index (χ3v) is 3.86. The second kappa shape index (κ2) is 8.32. The van der Waals surface area contributed by atoms with Crippen LogP contribution in [-0.4, -0.2) is 43.8 Å². The van der Waals surface area contributed by atoms with Crippen LogP contribution in [0.3, 0.4) is 0 Å². The summed E-state index contributed by atoms with van der Waals surface area (Å²) >= 11 is 0. The van der Waals surface area contributed by atoms with Gasteiger partial charge in [0.05, 0.1) is 12.7 Å². The highest BCUT2D eigenvalue weighted by molar-refractivity contribution is 5.66. The summed E-state index contributed by atoms with van der Waals surface area (Å²) in [6, 6.07) is 10.7. The predicted octanol–water partition coefficient (Wildman–Crippen LogP) is 2.78. The van der Waals surface area contributed by atoms with Gasteiger partial charge in [-0.2, -0.15) is 0 Å². The van der Waals surface area contributed by atoms with Crippen molar-refractivity contribution in [2.24, 2.45) is 11.7 Å². The molecule has 0 aromatic heterocycles. The summed E-state index contributed by atoms with van der Waals surface area (Å²) in [6.45, 7) is 8.82. The quantitative estimate of drug-likeness (QED) is 0.875. The summed E-state index contributed by atoms with van der Waals surface area (Å²) < 4.78 is 5.66. The highest BCUT2D eigenvalue weighted by Crippen LogP contribution is 2.19. The van der Waals surface area contributed by atoms with Gasteiger partial charge < -0.3 is 10.5 Å². The Morgan fingerprint density at radius 1 is 1.38 bits per heavy atom. The van der Waals surface area contributed by atoms with Crippen molar-refractivity contribution in [1.29, 1.82) is 0 Å². The highest BCUT2D eigenvalue weighted by atomic mass is 16.5. The van der Waals surface area contributed by atoms with Crippen LogP contribution in [0.4, 0.5) is 0 Å². The molecule has 1 aromatic carbocycles. The molecule has 1 aromatic rings. The third-order valence-electron chi connectivity index (χ3n) is 3.86. The van der Waals surface area contributed by atoms with Crippen molar-refractivity contribution in [3.8, 4) is 0 Å². The van der Waals surface area contributed by atoms with Crippen LogP contribution in [0.15, 0.2) is 36.4 Å². The van der Waals surface area contributed by atoms with E-state index in [1.165, 1.54) is 11.1 Å². The fourth-order valence-electron chi connectivity index (χ4n) is 2.61. The van der Waals surface area contributed by atoms with Crippen molar-refractivity contribution < 1.29 is 4.74 Å². The molecule has 0 radical (unpaired) electrons. The SMILES string of the molecule is CC(C)C/C=C(\CN1CCOC(CN)C1)c1ccccc1. The fraction of sp³-hybridized carbons (Fsp3) is 0.556. The van der Waals surface area contributed by atoms with Gasteiger partial charge in [0, 0.05) is 26.2 Å². The lowest BCUT2D eigenvalue weighted by atomic mass is 10.0. The Morgan fingerprint density at radius 2 is 2.14 bits per heavy atom. The zero-order chi connectivity index (χ0) is 15.1. The number of rotatable bonds is 6. The van der Waals surface area contributed by atoms with Gasteiger partial charge in [0.2, 0.25) is 0 Å². The summed E-state index contributed by atoms with van der Waals surface area (Å²) in [7, 11) is 0. The Kier molecular flexibility index (Phi) is 6.43. The van der Waals surface area contributed by atoms with Gasteiger partial charge in [-0.15, -0.1) is 0 Å². The van der Waals surface area contributed by atoms with E-state index in [9.17, 15) is 0 Å². The topological polar surface area (TPSA) is 38.5 Å². The summed E-state index contributed by atoms with van der Waals surface area (Å²) in [5, 5.41) is 0. The first-order valence-electron chi connectivity index (χ1n) is 7.97. The number of hydrogen-bond donors (Lipinski definition) is 1. The lowest BCUT2D eigenvalue weighted by Crippen LogP contribution is -2.46. The van der Waals surface area contributed by atoms with Gasteiger partial charge in [-0.05, 0) is 23.5 Å². The first-order valence-corrected chi connectivity index (χ1v) is 7.97. The zero-order valence-electron chi connectivity index (χ0n) is 13.3. The Bertz CT molecular complexity index is 442. The maximum absolute atomic E-state index is 5.74. The molecule has 116 valence electrons. The van der Waals surface area contributed by atoms with Gasteiger partial charge in [-0.25, -0.2) is 0 Å². The van der Waals surface area contributed by atoms with Crippen LogP contribution in [0.2, 0.25) is 0 Å². The molecule has 2 N–H and O–H groups in total. The van der Waals surface area contributed by atoms with Gasteiger partial charge in [-0.1, -0.05) is 50.3 Å². The number of hydrogen-bond acceptors (Lipinski definition) is 3. The number of ether oxygens (including phenoxy) is 1. The first-order chi connectivity index (χ1) is 10.2. The predicted molar refractivity (Wildman–Crippen MR) is 89.1 cm³/mol. The molecule has 1 atom stereocenters. The molecule has 1 aliphatic rings. The van der Waals surface area contributed by atoms with Crippen molar-refractivity contribution in [2.45, 2.75) is 26.4 Å². The molecule has 21 heavy (non-hydrogen) atoms. The van der Waals surface area contributed by atoms with E-state index in [1.54, 1.807) is 0 Å².